The summed E-state index contributed by atoms with van der Waals surface area (Å²) in [4.78, 5) is 20.9. The molecule has 0 saturated heterocycles. The smallest absolute Gasteiger partial charge is 0.270 e. The summed E-state index contributed by atoms with van der Waals surface area (Å²) in [5.41, 5.74) is 0.757. The highest BCUT2D eigenvalue weighted by molar-refractivity contribution is 7.13. The Morgan fingerprint density at radius 2 is 2.33 bits per heavy atom. The number of aromatic amines is 1. The zero-order valence-electron chi connectivity index (χ0n) is 10.5. The summed E-state index contributed by atoms with van der Waals surface area (Å²) in [6, 6.07) is 0. The van der Waals surface area contributed by atoms with Gasteiger partial charge in [0.15, 0.2) is 0 Å². The summed E-state index contributed by atoms with van der Waals surface area (Å²) >= 11 is 1.43. The predicted octanol–water partition coefficient (Wildman–Crippen LogP) is 2.02. The molecule has 1 amide bonds. The number of aromatic nitrogens is 4. The van der Waals surface area contributed by atoms with E-state index < -0.39 is 0 Å². The Morgan fingerprint density at radius 3 is 2.94 bits per heavy atom. The number of rotatable bonds is 4. The first-order valence-corrected chi connectivity index (χ1v) is 6.51. The van der Waals surface area contributed by atoms with Gasteiger partial charge in [-0.1, -0.05) is 13.8 Å². The number of nitrogens with one attached hydrogen (secondary N) is 2. The van der Waals surface area contributed by atoms with Crippen LogP contribution in [0.1, 0.15) is 34.2 Å². The minimum atomic E-state index is -0.197. The van der Waals surface area contributed by atoms with Crippen LogP contribution in [0.2, 0.25) is 0 Å². The second kappa shape index (κ2) is 5.26. The first-order valence-electron chi connectivity index (χ1n) is 5.69. The van der Waals surface area contributed by atoms with Crippen molar-refractivity contribution in [2.75, 3.05) is 5.32 Å². The maximum atomic E-state index is 12.0. The van der Waals surface area contributed by atoms with E-state index in [0.29, 0.717) is 16.7 Å². The number of carbonyl (C=O) groups is 1. The highest BCUT2D eigenvalue weighted by Crippen LogP contribution is 2.21. The molecule has 0 saturated carbocycles. The van der Waals surface area contributed by atoms with Crippen LogP contribution in [0.15, 0.2) is 6.33 Å². The fraction of sp³-hybridized carbons (Fsp3) is 0.455. The van der Waals surface area contributed by atoms with Crippen molar-refractivity contribution < 1.29 is 4.79 Å². The van der Waals surface area contributed by atoms with E-state index in [2.05, 4.69) is 39.3 Å². The van der Waals surface area contributed by atoms with Crippen LogP contribution in [-0.2, 0) is 6.42 Å². The lowest BCUT2D eigenvalue weighted by atomic mass is 10.1. The van der Waals surface area contributed by atoms with Gasteiger partial charge in [-0.15, -0.1) is 11.3 Å². The van der Waals surface area contributed by atoms with Crippen molar-refractivity contribution in [3.05, 3.63) is 21.9 Å². The number of hydrogen-bond acceptors (Lipinski definition) is 5. The topological polar surface area (TPSA) is 83.6 Å². The van der Waals surface area contributed by atoms with Crippen LogP contribution in [0.3, 0.4) is 0 Å². The number of amides is 1. The van der Waals surface area contributed by atoms with Gasteiger partial charge in [-0.05, 0) is 12.8 Å². The van der Waals surface area contributed by atoms with Gasteiger partial charge >= 0.3 is 0 Å². The van der Waals surface area contributed by atoms with E-state index >= 15 is 0 Å². The van der Waals surface area contributed by atoms with Crippen LogP contribution < -0.4 is 5.32 Å². The number of thiazole rings is 1. The van der Waals surface area contributed by atoms with E-state index in [1.807, 2.05) is 6.92 Å². The van der Waals surface area contributed by atoms with Gasteiger partial charge < -0.3 is 0 Å². The van der Waals surface area contributed by atoms with Crippen molar-refractivity contribution in [2.24, 2.45) is 5.92 Å². The molecule has 0 aliphatic carbocycles. The Balaban J connectivity index is 2.12. The molecule has 0 atom stereocenters. The van der Waals surface area contributed by atoms with Crippen molar-refractivity contribution in [1.82, 2.24) is 20.2 Å². The third-order valence-electron chi connectivity index (χ3n) is 2.28. The van der Waals surface area contributed by atoms with Crippen LogP contribution in [0.4, 0.5) is 5.95 Å². The lowest BCUT2D eigenvalue weighted by molar-refractivity contribution is 0.102. The molecule has 18 heavy (non-hydrogen) atoms. The molecule has 0 aliphatic rings. The molecule has 0 aliphatic heterocycles. The molecule has 0 spiro atoms. The molecular weight excluding hydrogens is 250 g/mol. The molecule has 7 heteroatoms. The maximum Gasteiger partial charge on any atom is 0.270 e. The van der Waals surface area contributed by atoms with Gasteiger partial charge in [-0.2, -0.15) is 10.1 Å². The Bertz CT molecular complexity index is 532. The van der Waals surface area contributed by atoms with Crippen molar-refractivity contribution >= 4 is 23.2 Å². The van der Waals surface area contributed by atoms with Crippen molar-refractivity contribution in [3.63, 3.8) is 0 Å². The summed E-state index contributed by atoms with van der Waals surface area (Å²) in [6.07, 6.45) is 2.24. The van der Waals surface area contributed by atoms with E-state index in [9.17, 15) is 4.79 Å². The van der Waals surface area contributed by atoms with Gasteiger partial charge in [0.05, 0.1) is 10.7 Å². The summed E-state index contributed by atoms with van der Waals surface area (Å²) < 4.78 is 0. The van der Waals surface area contributed by atoms with Crippen molar-refractivity contribution in [1.29, 1.82) is 0 Å². The van der Waals surface area contributed by atoms with Crippen LogP contribution >= 0.6 is 11.3 Å². The number of hydrogen-bond donors (Lipinski definition) is 2. The molecule has 2 aromatic heterocycles. The van der Waals surface area contributed by atoms with Gasteiger partial charge in [0.1, 0.15) is 11.2 Å². The van der Waals surface area contributed by atoms with E-state index in [1.54, 1.807) is 0 Å². The molecule has 0 bridgehead atoms. The van der Waals surface area contributed by atoms with E-state index in [4.69, 9.17) is 0 Å². The van der Waals surface area contributed by atoms with Gasteiger partial charge in [0.25, 0.3) is 5.91 Å². The van der Waals surface area contributed by atoms with E-state index in [1.165, 1.54) is 17.7 Å². The van der Waals surface area contributed by atoms with Crippen molar-refractivity contribution in [3.8, 4) is 0 Å². The first-order chi connectivity index (χ1) is 8.56. The zero-order chi connectivity index (χ0) is 13.1. The largest absolute Gasteiger partial charge is 0.290 e. The average molecular weight is 265 g/mol. The molecule has 6 nitrogen and oxygen atoms in total. The summed E-state index contributed by atoms with van der Waals surface area (Å²) in [5.74, 6) is 0.677. The van der Waals surface area contributed by atoms with Crippen LogP contribution in [-0.4, -0.2) is 26.1 Å². The third-order valence-corrected chi connectivity index (χ3v) is 3.46. The van der Waals surface area contributed by atoms with Crippen LogP contribution in [0.5, 0.6) is 0 Å². The summed E-state index contributed by atoms with van der Waals surface area (Å²) in [7, 11) is 0. The van der Waals surface area contributed by atoms with Crippen LogP contribution in [0.25, 0.3) is 0 Å². The monoisotopic (exact) mass is 265 g/mol. The summed E-state index contributed by atoms with van der Waals surface area (Å²) in [6.45, 7) is 6.10. The van der Waals surface area contributed by atoms with E-state index in [0.717, 1.165) is 17.1 Å². The standard InChI is InChI=1S/C11H15N5OS/c1-6(2)4-8-14-7(3)9(18-8)10(17)15-11-12-5-13-16-11/h5-6H,4H2,1-3H3,(H2,12,13,15,16,17). The quantitative estimate of drug-likeness (QED) is 0.885. The highest BCUT2D eigenvalue weighted by atomic mass is 32.1. The second-order valence-electron chi connectivity index (χ2n) is 4.41. The number of carbonyl (C=O) groups excluding carboxylic acids is 1. The molecule has 0 aromatic carbocycles. The molecule has 2 aromatic rings. The molecule has 2 N–H and O–H groups in total. The van der Waals surface area contributed by atoms with Gasteiger partial charge in [0, 0.05) is 6.42 Å². The Kier molecular flexibility index (Phi) is 3.71. The number of anilines is 1. The minimum Gasteiger partial charge on any atom is -0.290 e. The summed E-state index contributed by atoms with van der Waals surface area (Å²) in [5, 5.41) is 9.90. The number of aryl methyl sites for hydroxylation is 1. The third kappa shape index (κ3) is 2.92. The van der Waals surface area contributed by atoms with Gasteiger partial charge in [-0.3, -0.25) is 10.1 Å². The molecule has 0 radical (unpaired) electrons. The Labute approximate surface area is 109 Å². The molecule has 96 valence electrons. The van der Waals surface area contributed by atoms with Crippen molar-refractivity contribution in [2.45, 2.75) is 27.2 Å². The second-order valence-corrected chi connectivity index (χ2v) is 5.49. The molecular formula is C11H15N5OS. The SMILES string of the molecule is Cc1nc(CC(C)C)sc1C(=O)Nc1ncn[nH]1. The predicted molar refractivity (Wildman–Crippen MR) is 69.7 cm³/mol. The average Bonchev–Trinajstić information content (AvgIpc) is 2.87. The minimum absolute atomic E-state index is 0.197. The fourth-order valence-electron chi connectivity index (χ4n) is 1.53. The molecule has 0 unspecified atom stereocenters. The van der Waals surface area contributed by atoms with Gasteiger partial charge in [0.2, 0.25) is 5.95 Å². The highest BCUT2D eigenvalue weighted by Gasteiger charge is 2.16. The molecule has 0 fully saturated rings. The Morgan fingerprint density at radius 1 is 1.56 bits per heavy atom. The van der Waals surface area contributed by atoms with E-state index in [-0.39, 0.29) is 5.91 Å². The fourth-order valence-corrected chi connectivity index (χ4v) is 2.70. The first kappa shape index (κ1) is 12.7. The lowest BCUT2D eigenvalue weighted by Gasteiger charge is -1.99. The maximum absolute atomic E-state index is 12.0. The zero-order valence-corrected chi connectivity index (χ0v) is 11.3. The normalized spacial score (nSPS) is 10.9. The lowest BCUT2D eigenvalue weighted by Crippen LogP contribution is -2.12. The number of nitrogens with zero attached hydrogens (tertiary/aromatic N) is 3. The van der Waals surface area contributed by atoms with Gasteiger partial charge in [-0.25, -0.2) is 10.1 Å². The molecule has 2 heterocycles. The number of H-pyrrole nitrogens is 1. The Hall–Kier alpha value is -1.76. The molecule has 2 rings (SSSR count). The van der Waals surface area contributed by atoms with Crippen LogP contribution in [0, 0.1) is 12.8 Å².